The minimum absolute atomic E-state index is 0. The highest BCUT2D eigenvalue weighted by molar-refractivity contribution is 14.0. The Balaban J connectivity index is 0.00000264. The number of nitriles is 1. The van der Waals surface area contributed by atoms with Crippen LogP contribution in [0.4, 0.5) is 4.39 Å². The summed E-state index contributed by atoms with van der Waals surface area (Å²) in [4.78, 5) is 4.10. The molecule has 23 heavy (non-hydrogen) atoms. The number of benzene rings is 1. The van der Waals surface area contributed by atoms with E-state index in [0.29, 0.717) is 30.2 Å². The molecule has 0 spiro atoms. The van der Waals surface area contributed by atoms with Gasteiger partial charge in [-0.1, -0.05) is 6.07 Å². The lowest BCUT2D eigenvalue weighted by Gasteiger charge is -2.12. The molecule has 2 rings (SSSR count). The lowest BCUT2D eigenvalue weighted by atomic mass is 10.1. The summed E-state index contributed by atoms with van der Waals surface area (Å²) in [5.74, 6) is 0.213. The summed E-state index contributed by atoms with van der Waals surface area (Å²) in [6.45, 7) is 1.84. The zero-order valence-corrected chi connectivity index (χ0v) is 15.1. The summed E-state index contributed by atoms with van der Waals surface area (Å²) in [6.07, 6.45) is 3.98. The van der Waals surface area contributed by atoms with Crippen LogP contribution in [0.2, 0.25) is 0 Å². The molecule has 122 valence electrons. The van der Waals surface area contributed by atoms with Crippen molar-refractivity contribution in [2.45, 2.75) is 13.1 Å². The van der Waals surface area contributed by atoms with Crippen LogP contribution in [0.5, 0.6) is 0 Å². The zero-order chi connectivity index (χ0) is 15.8. The summed E-state index contributed by atoms with van der Waals surface area (Å²) >= 11 is 0. The topological polar surface area (TPSA) is 65.1 Å². The summed E-state index contributed by atoms with van der Waals surface area (Å²) in [7, 11) is 1.67. The minimum atomic E-state index is -0.394. The summed E-state index contributed by atoms with van der Waals surface area (Å²) in [6, 6.07) is 10.3. The average molecular weight is 427 g/mol. The lowest BCUT2D eigenvalue weighted by molar-refractivity contribution is 0.603. The van der Waals surface area contributed by atoms with Crippen molar-refractivity contribution in [3.8, 4) is 6.07 Å². The highest BCUT2D eigenvalue weighted by atomic mass is 127. The second-order valence-corrected chi connectivity index (χ2v) is 4.69. The van der Waals surface area contributed by atoms with Crippen molar-refractivity contribution in [1.82, 2.24) is 15.2 Å². The van der Waals surface area contributed by atoms with Crippen molar-refractivity contribution >= 4 is 29.9 Å². The molecule has 2 N–H and O–H groups in total. The summed E-state index contributed by atoms with van der Waals surface area (Å²) in [5, 5.41) is 14.9. The second-order valence-electron chi connectivity index (χ2n) is 4.69. The largest absolute Gasteiger partial charge is 0.355 e. The quantitative estimate of drug-likeness (QED) is 0.438. The first-order chi connectivity index (χ1) is 10.7. The lowest BCUT2D eigenvalue weighted by Crippen LogP contribution is -2.38. The van der Waals surface area contributed by atoms with E-state index in [4.69, 9.17) is 5.26 Å². The maximum Gasteiger partial charge on any atom is 0.191 e. The number of guanidine groups is 1. The third-order valence-electron chi connectivity index (χ3n) is 3.18. The van der Waals surface area contributed by atoms with Gasteiger partial charge in [-0.05, 0) is 24.3 Å². The standard InChI is InChI=1S/C16H18FN5.HI/c1-19-16(20-6-9-22-7-2-3-8-22)21-12-14-5-4-13(11-18)10-15(14)17;/h2-5,7-8,10H,6,9,12H2,1H3,(H2,19,20,21);1H. The zero-order valence-electron chi connectivity index (χ0n) is 12.8. The number of nitrogens with zero attached hydrogens (tertiary/aromatic N) is 3. The molecule has 2 aromatic rings. The molecule has 1 heterocycles. The Morgan fingerprint density at radius 1 is 1.30 bits per heavy atom. The molecule has 0 saturated carbocycles. The fraction of sp³-hybridized carbons (Fsp3) is 0.250. The predicted molar refractivity (Wildman–Crippen MR) is 99.2 cm³/mol. The Bertz CT molecular complexity index is 676. The molecule has 5 nitrogen and oxygen atoms in total. The number of hydrogen-bond acceptors (Lipinski definition) is 2. The molecule has 0 aliphatic heterocycles. The van der Waals surface area contributed by atoms with E-state index in [2.05, 4.69) is 20.2 Å². The van der Waals surface area contributed by atoms with Crippen LogP contribution in [-0.4, -0.2) is 24.1 Å². The van der Waals surface area contributed by atoms with E-state index in [0.717, 1.165) is 6.54 Å². The van der Waals surface area contributed by atoms with Crippen LogP contribution in [0.25, 0.3) is 0 Å². The number of halogens is 2. The van der Waals surface area contributed by atoms with Gasteiger partial charge < -0.3 is 15.2 Å². The molecule has 7 heteroatoms. The number of hydrogen-bond donors (Lipinski definition) is 2. The van der Waals surface area contributed by atoms with Crippen molar-refractivity contribution in [2.75, 3.05) is 13.6 Å². The molecule has 0 aliphatic rings. The molecule has 0 fully saturated rings. The fourth-order valence-corrected chi connectivity index (χ4v) is 1.98. The van der Waals surface area contributed by atoms with Crippen molar-refractivity contribution in [3.63, 3.8) is 0 Å². The number of rotatable bonds is 5. The van der Waals surface area contributed by atoms with Gasteiger partial charge in [0.2, 0.25) is 0 Å². The van der Waals surface area contributed by atoms with Crippen LogP contribution in [0.15, 0.2) is 47.7 Å². The van der Waals surface area contributed by atoms with Crippen molar-refractivity contribution < 1.29 is 4.39 Å². The van der Waals surface area contributed by atoms with Gasteiger partial charge >= 0.3 is 0 Å². The molecule has 1 aromatic heterocycles. The minimum Gasteiger partial charge on any atom is -0.355 e. The van der Waals surface area contributed by atoms with Gasteiger partial charge in [0.05, 0.1) is 11.6 Å². The van der Waals surface area contributed by atoms with Gasteiger partial charge in [0.25, 0.3) is 0 Å². The average Bonchev–Trinajstić information content (AvgIpc) is 3.05. The van der Waals surface area contributed by atoms with Crippen LogP contribution in [-0.2, 0) is 13.1 Å². The molecule has 0 saturated heterocycles. The molecule has 0 aliphatic carbocycles. The first-order valence-corrected chi connectivity index (χ1v) is 6.96. The molecular formula is C16H19FIN5. The highest BCUT2D eigenvalue weighted by Gasteiger charge is 2.04. The molecule has 0 atom stereocenters. The SMILES string of the molecule is CN=C(NCCn1cccc1)NCc1ccc(C#N)cc1F.I. The van der Waals surface area contributed by atoms with E-state index >= 15 is 0 Å². The van der Waals surface area contributed by atoms with Crippen LogP contribution in [0, 0.1) is 17.1 Å². The highest BCUT2D eigenvalue weighted by Crippen LogP contribution is 2.09. The van der Waals surface area contributed by atoms with Crippen LogP contribution in [0.1, 0.15) is 11.1 Å². The third-order valence-corrected chi connectivity index (χ3v) is 3.18. The molecular weight excluding hydrogens is 408 g/mol. The third kappa shape index (κ3) is 5.90. The Hall–Kier alpha value is -2.08. The monoisotopic (exact) mass is 427 g/mol. The Kier molecular flexibility index (Phi) is 8.11. The first-order valence-electron chi connectivity index (χ1n) is 6.96. The Morgan fingerprint density at radius 3 is 2.65 bits per heavy atom. The van der Waals surface area contributed by atoms with E-state index in [-0.39, 0.29) is 24.0 Å². The molecule has 0 bridgehead atoms. The predicted octanol–water partition coefficient (Wildman–Crippen LogP) is 2.48. The van der Waals surface area contributed by atoms with Crippen molar-refractivity contribution in [1.29, 1.82) is 5.26 Å². The normalized spacial score (nSPS) is 10.6. The van der Waals surface area contributed by atoms with E-state index in [9.17, 15) is 4.39 Å². The van der Waals surface area contributed by atoms with Gasteiger partial charge in [-0.3, -0.25) is 4.99 Å². The van der Waals surface area contributed by atoms with Gasteiger partial charge in [0.1, 0.15) is 5.82 Å². The van der Waals surface area contributed by atoms with Gasteiger partial charge in [0, 0.05) is 44.6 Å². The van der Waals surface area contributed by atoms with Gasteiger partial charge in [-0.15, -0.1) is 24.0 Å². The maximum absolute atomic E-state index is 13.8. The first kappa shape index (κ1) is 19.0. The number of aromatic nitrogens is 1. The van der Waals surface area contributed by atoms with Crippen molar-refractivity contribution in [3.05, 3.63) is 59.7 Å². The Labute approximate surface area is 152 Å². The van der Waals surface area contributed by atoms with Crippen LogP contribution < -0.4 is 10.6 Å². The molecule has 1 aromatic carbocycles. The van der Waals surface area contributed by atoms with Gasteiger partial charge in [0.15, 0.2) is 5.96 Å². The summed E-state index contributed by atoms with van der Waals surface area (Å²) < 4.78 is 15.8. The number of nitrogens with one attached hydrogen (secondary N) is 2. The van der Waals surface area contributed by atoms with E-state index in [1.807, 2.05) is 30.6 Å². The fourth-order valence-electron chi connectivity index (χ4n) is 1.98. The molecule has 0 amide bonds. The van der Waals surface area contributed by atoms with Gasteiger partial charge in [-0.25, -0.2) is 4.39 Å². The smallest absolute Gasteiger partial charge is 0.191 e. The van der Waals surface area contributed by atoms with Crippen molar-refractivity contribution in [2.24, 2.45) is 4.99 Å². The molecule has 0 unspecified atom stereocenters. The van der Waals surface area contributed by atoms with Crippen LogP contribution in [0.3, 0.4) is 0 Å². The van der Waals surface area contributed by atoms with Crippen LogP contribution >= 0.6 is 24.0 Å². The summed E-state index contributed by atoms with van der Waals surface area (Å²) in [5.41, 5.74) is 0.808. The maximum atomic E-state index is 13.8. The van der Waals surface area contributed by atoms with E-state index in [1.165, 1.54) is 6.07 Å². The number of aliphatic imine (C=N–C) groups is 1. The molecule has 0 radical (unpaired) electrons. The second kappa shape index (κ2) is 9.84. The van der Waals surface area contributed by atoms with Gasteiger partial charge in [-0.2, -0.15) is 5.26 Å². The van der Waals surface area contributed by atoms with E-state index < -0.39 is 5.82 Å². The Morgan fingerprint density at radius 2 is 2.04 bits per heavy atom. The van der Waals surface area contributed by atoms with E-state index in [1.54, 1.807) is 19.2 Å².